The first-order valence-corrected chi connectivity index (χ1v) is 9.53. The van der Waals surface area contributed by atoms with Crippen molar-refractivity contribution in [1.29, 1.82) is 0 Å². The van der Waals surface area contributed by atoms with Crippen LogP contribution in [0.2, 0.25) is 0 Å². The van der Waals surface area contributed by atoms with E-state index in [1.54, 1.807) is 0 Å². The molecule has 128 valence electrons. The van der Waals surface area contributed by atoms with E-state index in [9.17, 15) is 18.0 Å². The molecule has 0 aliphatic rings. The fourth-order valence-electron chi connectivity index (χ4n) is 1.93. The molecule has 0 fully saturated rings. The van der Waals surface area contributed by atoms with Crippen molar-refractivity contribution in [1.82, 2.24) is 10.6 Å². The fourth-order valence-corrected chi connectivity index (χ4v) is 3.22. The summed E-state index contributed by atoms with van der Waals surface area (Å²) < 4.78 is 23.4. The summed E-state index contributed by atoms with van der Waals surface area (Å²) in [7, 11) is -3.40. The van der Waals surface area contributed by atoms with Crippen LogP contribution in [0.1, 0.15) is 31.7 Å². The number of hydrogen-bond acceptors (Lipinski definition) is 4. The molecule has 2 amide bonds. The second kappa shape index (κ2) is 9.99. The highest BCUT2D eigenvalue weighted by Gasteiger charge is 2.16. The lowest BCUT2D eigenvalue weighted by molar-refractivity contribution is -0.124. The van der Waals surface area contributed by atoms with Crippen LogP contribution in [0.15, 0.2) is 30.3 Å². The van der Waals surface area contributed by atoms with Gasteiger partial charge in [-0.25, -0.2) is 8.42 Å². The van der Waals surface area contributed by atoms with Gasteiger partial charge in [-0.3, -0.25) is 9.59 Å². The molecule has 23 heavy (non-hydrogen) atoms. The second-order valence-corrected chi connectivity index (χ2v) is 7.52. The first-order valence-electron chi connectivity index (χ1n) is 7.70. The molecule has 1 aromatic carbocycles. The van der Waals surface area contributed by atoms with Gasteiger partial charge in [0.1, 0.15) is 5.75 Å². The van der Waals surface area contributed by atoms with Crippen LogP contribution in [0.4, 0.5) is 0 Å². The lowest BCUT2D eigenvalue weighted by Crippen LogP contribution is -2.39. The summed E-state index contributed by atoms with van der Waals surface area (Å²) in [5.41, 5.74) is 0.950. The molecule has 6 nitrogen and oxygen atoms in total. The van der Waals surface area contributed by atoms with Gasteiger partial charge in [-0.05, 0) is 12.0 Å². The van der Waals surface area contributed by atoms with E-state index in [0.29, 0.717) is 13.0 Å². The first-order chi connectivity index (χ1) is 10.9. The van der Waals surface area contributed by atoms with E-state index < -0.39 is 21.5 Å². The number of hydrogen-bond donors (Lipinski definition) is 2. The Bertz CT molecular complexity index is 600. The molecule has 0 atom stereocenters. The van der Waals surface area contributed by atoms with Crippen molar-refractivity contribution in [3.8, 4) is 0 Å². The molecule has 2 N–H and O–H groups in total. The van der Waals surface area contributed by atoms with Crippen molar-refractivity contribution < 1.29 is 18.0 Å². The minimum atomic E-state index is -3.40. The highest BCUT2D eigenvalue weighted by atomic mass is 32.2. The zero-order chi connectivity index (χ0) is 17.1. The summed E-state index contributed by atoms with van der Waals surface area (Å²) in [6, 6.07) is 9.37. The van der Waals surface area contributed by atoms with Crippen molar-refractivity contribution in [2.45, 2.75) is 32.7 Å². The maximum atomic E-state index is 11.7. The number of nitrogens with one attached hydrogen (secondary N) is 2. The Balaban J connectivity index is 2.25. The molecule has 0 saturated carbocycles. The van der Waals surface area contributed by atoms with E-state index in [4.69, 9.17) is 0 Å². The number of rotatable bonds is 10. The fraction of sp³-hybridized carbons (Fsp3) is 0.500. The summed E-state index contributed by atoms with van der Waals surface area (Å²) >= 11 is 0. The summed E-state index contributed by atoms with van der Waals surface area (Å²) in [6.45, 7) is 2.12. The Labute approximate surface area is 137 Å². The molecular formula is C16H24N2O4S. The molecule has 1 rings (SSSR count). The van der Waals surface area contributed by atoms with Crippen LogP contribution in [0.3, 0.4) is 0 Å². The van der Waals surface area contributed by atoms with Gasteiger partial charge in [0.25, 0.3) is 0 Å². The average molecular weight is 340 g/mol. The largest absolute Gasteiger partial charge is 0.350 e. The molecular weight excluding hydrogens is 316 g/mol. The van der Waals surface area contributed by atoms with Gasteiger partial charge in [-0.15, -0.1) is 0 Å². The van der Waals surface area contributed by atoms with Crippen LogP contribution in [0.5, 0.6) is 0 Å². The van der Waals surface area contributed by atoms with Gasteiger partial charge in [-0.1, -0.05) is 50.1 Å². The Morgan fingerprint density at radius 2 is 1.70 bits per heavy atom. The third-order valence-electron chi connectivity index (χ3n) is 3.19. The molecule has 0 aromatic heterocycles. The van der Waals surface area contributed by atoms with E-state index in [0.717, 1.165) is 18.4 Å². The number of sulfone groups is 1. The molecule has 1 aromatic rings. The summed E-state index contributed by atoms with van der Waals surface area (Å²) in [6.07, 6.45) is 2.30. The van der Waals surface area contributed by atoms with E-state index in [-0.39, 0.29) is 18.2 Å². The standard InChI is InChI=1S/C16H24N2O4S/c1-2-3-7-10-23(21,22)13-16(20)18-12-15(19)17-11-14-8-5-4-6-9-14/h4-6,8-9H,2-3,7,10-13H2,1H3,(H,17,19)(H,18,20). The van der Waals surface area contributed by atoms with E-state index >= 15 is 0 Å². The Kier molecular flexibility index (Phi) is 8.32. The summed E-state index contributed by atoms with van der Waals surface area (Å²) in [5.74, 6) is -1.56. The van der Waals surface area contributed by atoms with Crippen LogP contribution < -0.4 is 10.6 Å². The van der Waals surface area contributed by atoms with Gasteiger partial charge in [0.2, 0.25) is 11.8 Å². The highest BCUT2D eigenvalue weighted by molar-refractivity contribution is 7.92. The lowest BCUT2D eigenvalue weighted by Gasteiger charge is -2.07. The zero-order valence-electron chi connectivity index (χ0n) is 13.4. The van der Waals surface area contributed by atoms with Gasteiger partial charge in [0.15, 0.2) is 9.84 Å². The molecule has 0 radical (unpaired) electrons. The number of benzene rings is 1. The molecule has 0 unspecified atom stereocenters. The lowest BCUT2D eigenvalue weighted by atomic mass is 10.2. The maximum Gasteiger partial charge on any atom is 0.239 e. The van der Waals surface area contributed by atoms with E-state index in [1.165, 1.54) is 0 Å². The summed E-state index contributed by atoms with van der Waals surface area (Å²) in [4.78, 5) is 23.2. The Morgan fingerprint density at radius 3 is 2.35 bits per heavy atom. The Hall–Kier alpha value is -1.89. The Morgan fingerprint density at radius 1 is 1.00 bits per heavy atom. The molecule has 0 heterocycles. The summed E-state index contributed by atoms with van der Waals surface area (Å²) in [5, 5.41) is 4.99. The predicted molar refractivity (Wildman–Crippen MR) is 89.5 cm³/mol. The minimum absolute atomic E-state index is 0.00840. The van der Waals surface area contributed by atoms with Gasteiger partial charge in [0, 0.05) is 6.54 Å². The van der Waals surface area contributed by atoms with Crippen molar-refractivity contribution in [3.63, 3.8) is 0 Å². The van der Waals surface area contributed by atoms with E-state index in [1.807, 2.05) is 37.3 Å². The van der Waals surface area contributed by atoms with Crippen LogP contribution in [-0.2, 0) is 26.0 Å². The molecule has 0 saturated heterocycles. The normalized spacial score (nSPS) is 11.0. The SMILES string of the molecule is CCCCCS(=O)(=O)CC(=O)NCC(=O)NCc1ccccc1. The second-order valence-electron chi connectivity index (χ2n) is 5.34. The van der Waals surface area contributed by atoms with Gasteiger partial charge in [0.05, 0.1) is 12.3 Å². The van der Waals surface area contributed by atoms with Crippen LogP contribution in [-0.4, -0.2) is 38.3 Å². The number of carbonyl (C=O) groups is 2. The molecule has 0 aliphatic carbocycles. The number of carbonyl (C=O) groups excluding carboxylic acids is 2. The number of amides is 2. The molecule has 0 spiro atoms. The van der Waals surface area contributed by atoms with Crippen LogP contribution in [0.25, 0.3) is 0 Å². The van der Waals surface area contributed by atoms with Crippen LogP contribution >= 0.6 is 0 Å². The topological polar surface area (TPSA) is 92.3 Å². The van der Waals surface area contributed by atoms with Crippen molar-refractivity contribution >= 4 is 21.7 Å². The molecule has 7 heteroatoms. The minimum Gasteiger partial charge on any atom is -0.350 e. The highest BCUT2D eigenvalue weighted by Crippen LogP contribution is 2.00. The van der Waals surface area contributed by atoms with E-state index in [2.05, 4.69) is 10.6 Å². The zero-order valence-corrected chi connectivity index (χ0v) is 14.2. The van der Waals surface area contributed by atoms with Crippen LogP contribution in [0, 0.1) is 0 Å². The quantitative estimate of drug-likeness (QED) is 0.622. The molecule has 0 bridgehead atoms. The number of unbranched alkanes of at least 4 members (excludes halogenated alkanes) is 2. The van der Waals surface area contributed by atoms with Crippen molar-refractivity contribution in [2.75, 3.05) is 18.1 Å². The first kappa shape index (κ1) is 19.2. The third kappa shape index (κ3) is 8.97. The molecule has 0 aliphatic heterocycles. The maximum absolute atomic E-state index is 11.7. The van der Waals surface area contributed by atoms with Crippen molar-refractivity contribution in [3.05, 3.63) is 35.9 Å². The smallest absolute Gasteiger partial charge is 0.239 e. The third-order valence-corrected chi connectivity index (χ3v) is 4.80. The van der Waals surface area contributed by atoms with Crippen molar-refractivity contribution in [2.24, 2.45) is 0 Å². The monoisotopic (exact) mass is 340 g/mol. The van der Waals surface area contributed by atoms with Gasteiger partial charge < -0.3 is 10.6 Å². The average Bonchev–Trinajstić information content (AvgIpc) is 2.51. The predicted octanol–water partition coefficient (Wildman–Crippen LogP) is 1.02. The van der Waals surface area contributed by atoms with Gasteiger partial charge >= 0.3 is 0 Å². The van der Waals surface area contributed by atoms with Gasteiger partial charge in [-0.2, -0.15) is 0 Å².